The van der Waals surface area contributed by atoms with Crippen molar-refractivity contribution in [2.24, 2.45) is 5.73 Å². The summed E-state index contributed by atoms with van der Waals surface area (Å²) in [5.41, 5.74) is 6.51. The summed E-state index contributed by atoms with van der Waals surface area (Å²) in [5.74, 6) is 0.839. The van der Waals surface area contributed by atoms with Crippen molar-refractivity contribution in [3.63, 3.8) is 0 Å². The fourth-order valence-electron chi connectivity index (χ4n) is 2.02. The summed E-state index contributed by atoms with van der Waals surface area (Å²) < 4.78 is 5.83. The Bertz CT molecular complexity index is 339. The number of nitrogens with two attached hydrogens (primary N) is 1. The molecule has 0 atom stereocenters. The van der Waals surface area contributed by atoms with Crippen molar-refractivity contribution in [3.8, 4) is 5.75 Å². The van der Waals surface area contributed by atoms with Gasteiger partial charge in [-0.3, -0.25) is 4.79 Å². The lowest BCUT2D eigenvalue weighted by molar-refractivity contribution is 0.112. The summed E-state index contributed by atoms with van der Waals surface area (Å²) in [6.07, 6.45) is 5.24. The highest BCUT2D eigenvalue weighted by Crippen LogP contribution is 2.22. The number of benzene rings is 1. The van der Waals surface area contributed by atoms with Gasteiger partial charge in [-0.25, -0.2) is 0 Å². The molecule has 2 N–H and O–H groups in total. The van der Waals surface area contributed by atoms with Crippen molar-refractivity contribution >= 4 is 6.29 Å². The van der Waals surface area contributed by atoms with Gasteiger partial charge in [-0.2, -0.15) is 0 Å². The molecule has 1 fully saturated rings. The summed E-state index contributed by atoms with van der Waals surface area (Å²) in [5, 5.41) is 0. The van der Waals surface area contributed by atoms with E-state index in [9.17, 15) is 4.79 Å². The van der Waals surface area contributed by atoms with Gasteiger partial charge in [-0.1, -0.05) is 0 Å². The number of carbonyl (C=O) groups is 1. The first-order chi connectivity index (χ1) is 7.78. The van der Waals surface area contributed by atoms with Gasteiger partial charge >= 0.3 is 0 Å². The lowest BCUT2D eigenvalue weighted by Gasteiger charge is -2.26. The van der Waals surface area contributed by atoms with Crippen molar-refractivity contribution in [2.45, 2.75) is 37.8 Å². The third-order valence-electron chi connectivity index (χ3n) is 3.04. The molecule has 3 nitrogen and oxygen atoms in total. The number of aldehydes is 1. The Hall–Kier alpha value is -1.35. The molecule has 0 bridgehead atoms. The predicted octanol–water partition coefficient (Wildman–Crippen LogP) is 2.15. The topological polar surface area (TPSA) is 52.3 Å². The van der Waals surface area contributed by atoms with Gasteiger partial charge in [0.25, 0.3) is 0 Å². The van der Waals surface area contributed by atoms with Crippen molar-refractivity contribution < 1.29 is 9.53 Å². The normalized spacial score (nSPS) is 25.1. The zero-order valence-electron chi connectivity index (χ0n) is 9.26. The Morgan fingerprint density at radius 3 is 2.31 bits per heavy atom. The Kier molecular flexibility index (Phi) is 3.57. The van der Waals surface area contributed by atoms with E-state index in [0.717, 1.165) is 37.7 Å². The molecule has 1 aromatic carbocycles. The van der Waals surface area contributed by atoms with Gasteiger partial charge in [-0.05, 0) is 49.9 Å². The molecule has 0 spiro atoms. The molecule has 0 radical (unpaired) electrons. The summed E-state index contributed by atoms with van der Waals surface area (Å²) >= 11 is 0. The van der Waals surface area contributed by atoms with E-state index < -0.39 is 0 Å². The maximum absolute atomic E-state index is 10.5. The Labute approximate surface area is 95.6 Å². The SMILES string of the molecule is NC1CCC(Oc2ccc(C=O)cc2)CC1. The van der Waals surface area contributed by atoms with Crippen LogP contribution < -0.4 is 10.5 Å². The number of ether oxygens (including phenoxy) is 1. The Balaban J connectivity index is 1.91. The number of rotatable bonds is 3. The Morgan fingerprint density at radius 2 is 1.75 bits per heavy atom. The molecule has 0 unspecified atom stereocenters. The van der Waals surface area contributed by atoms with Crippen molar-refractivity contribution in [2.75, 3.05) is 0 Å². The van der Waals surface area contributed by atoms with E-state index in [0.29, 0.717) is 11.6 Å². The molecule has 0 saturated heterocycles. The largest absolute Gasteiger partial charge is 0.490 e. The van der Waals surface area contributed by atoms with Crippen molar-refractivity contribution in [3.05, 3.63) is 29.8 Å². The van der Waals surface area contributed by atoms with E-state index in [4.69, 9.17) is 10.5 Å². The van der Waals surface area contributed by atoms with E-state index in [-0.39, 0.29) is 6.10 Å². The minimum atomic E-state index is 0.280. The van der Waals surface area contributed by atoms with Crippen LogP contribution in [0.15, 0.2) is 24.3 Å². The van der Waals surface area contributed by atoms with Crippen LogP contribution in [0.4, 0.5) is 0 Å². The van der Waals surface area contributed by atoms with Crippen LogP contribution in [0.1, 0.15) is 36.0 Å². The minimum Gasteiger partial charge on any atom is -0.490 e. The molecule has 0 aliphatic heterocycles. The minimum absolute atomic E-state index is 0.280. The van der Waals surface area contributed by atoms with Crippen LogP contribution in [0.25, 0.3) is 0 Å². The molecule has 2 rings (SSSR count). The Morgan fingerprint density at radius 1 is 1.12 bits per heavy atom. The van der Waals surface area contributed by atoms with Crippen LogP contribution >= 0.6 is 0 Å². The van der Waals surface area contributed by atoms with E-state index >= 15 is 0 Å². The predicted molar refractivity (Wildman–Crippen MR) is 62.7 cm³/mol. The van der Waals surface area contributed by atoms with Crippen LogP contribution in [-0.2, 0) is 0 Å². The fraction of sp³-hybridized carbons (Fsp3) is 0.462. The van der Waals surface area contributed by atoms with Crippen LogP contribution in [0.5, 0.6) is 5.75 Å². The molecule has 1 aliphatic carbocycles. The van der Waals surface area contributed by atoms with Gasteiger partial charge in [0, 0.05) is 11.6 Å². The first-order valence-electron chi connectivity index (χ1n) is 5.75. The van der Waals surface area contributed by atoms with E-state index in [1.807, 2.05) is 12.1 Å². The second kappa shape index (κ2) is 5.12. The zero-order chi connectivity index (χ0) is 11.4. The maximum Gasteiger partial charge on any atom is 0.150 e. The third-order valence-corrected chi connectivity index (χ3v) is 3.04. The van der Waals surface area contributed by atoms with Crippen LogP contribution in [0, 0.1) is 0 Å². The molecule has 1 saturated carbocycles. The summed E-state index contributed by atoms with van der Waals surface area (Å²) in [6.45, 7) is 0. The molecule has 3 heteroatoms. The second-order valence-corrected chi connectivity index (χ2v) is 4.34. The van der Waals surface area contributed by atoms with Gasteiger partial charge in [-0.15, -0.1) is 0 Å². The van der Waals surface area contributed by atoms with Crippen LogP contribution in [0.2, 0.25) is 0 Å². The first kappa shape index (κ1) is 11.1. The van der Waals surface area contributed by atoms with Gasteiger partial charge in [0.1, 0.15) is 12.0 Å². The molecular formula is C13H17NO2. The summed E-state index contributed by atoms with van der Waals surface area (Å²) in [4.78, 5) is 10.5. The molecule has 0 amide bonds. The number of hydrogen-bond acceptors (Lipinski definition) is 3. The molecule has 16 heavy (non-hydrogen) atoms. The summed E-state index contributed by atoms with van der Waals surface area (Å²) in [6, 6.07) is 7.59. The smallest absolute Gasteiger partial charge is 0.150 e. The van der Waals surface area contributed by atoms with Crippen LogP contribution in [-0.4, -0.2) is 18.4 Å². The monoisotopic (exact) mass is 219 g/mol. The van der Waals surface area contributed by atoms with Gasteiger partial charge in [0.15, 0.2) is 0 Å². The van der Waals surface area contributed by atoms with E-state index in [1.54, 1.807) is 12.1 Å². The molecule has 0 aromatic heterocycles. The zero-order valence-corrected chi connectivity index (χ0v) is 9.26. The van der Waals surface area contributed by atoms with Crippen molar-refractivity contribution in [1.82, 2.24) is 0 Å². The summed E-state index contributed by atoms with van der Waals surface area (Å²) in [7, 11) is 0. The van der Waals surface area contributed by atoms with Gasteiger partial charge in [0.2, 0.25) is 0 Å². The molecular weight excluding hydrogens is 202 g/mol. The van der Waals surface area contributed by atoms with Gasteiger partial charge in [0.05, 0.1) is 6.10 Å². The third kappa shape index (κ3) is 2.83. The highest BCUT2D eigenvalue weighted by molar-refractivity contribution is 5.74. The average Bonchev–Trinajstić information content (AvgIpc) is 2.33. The average molecular weight is 219 g/mol. The van der Waals surface area contributed by atoms with Gasteiger partial charge < -0.3 is 10.5 Å². The van der Waals surface area contributed by atoms with E-state index in [1.165, 1.54) is 0 Å². The molecule has 1 aliphatic rings. The fourth-order valence-corrected chi connectivity index (χ4v) is 2.02. The lowest BCUT2D eigenvalue weighted by Crippen LogP contribution is -2.31. The number of carbonyl (C=O) groups excluding carboxylic acids is 1. The molecule has 1 aromatic rings. The number of hydrogen-bond donors (Lipinski definition) is 1. The highest BCUT2D eigenvalue weighted by atomic mass is 16.5. The lowest BCUT2D eigenvalue weighted by atomic mass is 9.94. The van der Waals surface area contributed by atoms with E-state index in [2.05, 4.69) is 0 Å². The maximum atomic E-state index is 10.5. The second-order valence-electron chi connectivity index (χ2n) is 4.34. The molecule has 86 valence electrons. The highest BCUT2D eigenvalue weighted by Gasteiger charge is 2.19. The molecule has 0 heterocycles. The quantitative estimate of drug-likeness (QED) is 0.792. The van der Waals surface area contributed by atoms with Crippen LogP contribution in [0.3, 0.4) is 0 Å². The first-order valence-corrected chi connectivity index (χ1v) is 5.75. The van der Waals surface area contributed by atoms with Crippen molar-refractivity contribution in [1.29, 1.82) is 0 Å². The standard InChI is InChI=1S/C13H17NO2/c14-11-3-7-13(8-4-11)16-12-5-1-10(9-15)2-6-12/h1-2,5-6,9,11,13H,3-4,7-8,14H2.